The molecule has 2 aromatic carbocycles. The van der Waals surface area contributed by atoms with E-state index in [1.54, 1.807) is 53.4 Å². The highest BCUT2D eigenvalue weighted by molar-refractivity contribution is 7.78. The van der Waals surface area contributed by atoms with E-state index in [4.69, 9.17) is 0 Å². The van der Waals surface area contributed by atoms with Gasteiger partial charge in [-0.1, -0.05) is 12.1 Å². The molecule has 0 bridgehead atoms. The molecule has 0 saturated carbocycles. The van der Waals surface area contributed by atoms with E-state index in [0.717, 1.165) is 0 Å². The molecule has 166 valence electrons. The van der Waals surface area contributed by atoms with Crippen molar-refractivity contribution in [2.45, 2.75) is 39.1 Å². The number of fused-ring (bicyclic) bond motifs is 4. The predicted molar refractivity (Wildman–Crippen MR) is 117 cm³/mol. The zero-order valence-corrected chi connectivity index (χ0v) is 18.7. The van der Waals surface area contributed by atoms with Crippen LogP contribution in [0.5, 0.6) is 0 Å². The lowest BCUT2D eigenvalue weighted by Gasteiger charge is -2.35. The van der Waals surface area contributed by atoms with Crippen molar-refractivity contribution in [2.75, 3.05) is 5.32 Å². The Morgan fingerprint density at radius 1 is 1.16 bits per heavy atom. The summed E-state index contributed by atoms with van der Waals surface area (Å²) in [6.45, 7) is 7.17. The summed E-state index contributed by atoms with van der Waals surface area (Å²) in [5.74, 6) is -1.01. The van der Waals surface area contributed by atoms with Gasteiger partial charge in [-0.15, -0.1) is 10.2 Å². The maximum absolute atomic E-state index is 15.6. The molecule has 1 aliphatic rings. The molecule has 5 rings (SSSR count). The summed E-state index contributed by atoms with van der Waals surface area (Å²) in [5, 5.41) is 12.1. The van der Waals surface area contributed by atoms with Gasteiger partial charge in [0.05, 0.1) is 22.8 Å². The molecule has 4 aromatic rings. The first-order chi connectivity index (χ1) is 15.1. The van der Waals surface area contributed by atoms with E-state index in [1.165, 1.54) is 0 Å². The number of nitrogens with zero attached hydrogens (tertiary/aromatic N) is 4. The topological polar surface area (TPSA) is 87.8 Å². The van der Waals surface area contributed by atoms with Gasteiger partial charge in [0.1, 0.15) is 5.82 Å². The van der Waals surface area contributed by atoms with Gasteiger partial charge in [0.25, 0.3) is 0 Å². The first-order valence-corrected chi connectivity index (χ1v) is 11.2. The number of rotatable bonds is 3. The van der Waals surface area contributed by atoms with Crippen molar-refractivity contribution >= 4 is 27.7 Å². The first kappa shape index (κ1) is 20.8. The van der Waals surface area contributed by atoms with E-state index < -0.39 is 28.3 Å². The third kappa shape index (κ3) is 2.82. The van der Waals surface area contributed by atoms with Gasteiger partial charge in [0.2, 0.25) is 0 Å². The average molecular weight is 456 g/mol. The van der Waals surface area contributed by atoms with E-state index >= 15 is 8.78 Å². The molecule has 1 N–H and O–H groups in total. The largest absolute Gasteiger partial charge is 0.771 e. The highest BCUT2D eigenvalue weighted by Gasteiger charge is 2.38. The lowest BCUT2D eigenvalue weighted by Crippen LogP contribution is -2.37. The third-order valence-electron chi connectivity index (χ3n) is 5.97. The maximum Gasteiger partial charge on any atom is 0.184 e. The van der Waals surface area contributed by atoms with Crippen molar-refractivity contribution in [2.24, 2.45) is 0 Å². The summed E-state index contributed by atoms with van der Waals surface area (Å²) in [6.07, 6.45) is 1.62. The fraction of sp³-hybridized carbons (Fsp3) is 0.273. The van der Waals surface area contributed by atoms with E-state index in [-0.39, 0.29) is 17.1 Å². The Balaban J connectivity index is 1.83. The van der Waals surface area contributed by atoms with Gasteiger partial charge in [0.15, 0.2) is 17.5 Å². The van der Waals surface area contributed by atoms with Gasteiger partial charge in [-0.3, -0.25) is 8.78 Å². The lowest BCUT2D eigenvalue weighted by molar-refractivity contribution is 0.488. The number of nitrogens with one attached hydrogen (secondary N) is 1. The van der Waals surface area contributed by atoms with Crippen LogP contribution in [-0.4, -0.2) is 28.1 Å². The molecule has 0 amide bonds. The minimum Gasteiger partial charge on any atom is -0.771 e. The van der Waals surface area contributed by atoms with Crippen LogP contribution in [0.3, 0.4) is 0 Å². The highest BCUT2D eigenvalue weighted by Crippen LogP contribution is 2.45. The molecule has 10 heteroatoms. The smallest absolute Gasteiger partial charge is 0.184 e. The van der Waals surface area contributed by atoms with E-state index in [0.29, 0.717) is 39.4 Å². The summed E-state index contributed by atoms with van der Waals surface area (Å²) in [4.78, 5) is 0. The molecule has 0 radical (unpaired) electrons. The molecular weight excluding hydrogens is 436 g/mol. The Kier molecular flexibility index (Phi) is 4.51. The fourth-order valence-corrected chi connectivity index (χ4v) is 5.03. The third-order valence-corrected chi connectivity index (χ3v) is 6.46. The number of aryl methyl sites for hydroxylation is 1. The molecule has 32 heavy (non-hydrogen) atoms. The van der Waals surface area contributed by atoms with Crippen LogP contribution < -0.4 is 5.32 Å². The van der Waals surface area contributed by atoms with Crippen LogP contribution in [0, 0.1) is 25.5 Å². The molecule has 3 heterocycles. The Hall–Kier alpha value is -3.11. The van der Waals surface area contributed by atoms with Gasteiger partial charge in [-0.05, 0) is 62.0 Å². The number of benzene rings is 2. The second-order valence-corrected chi connectivity index (χ2v) is 9.33. The average Bonchev–Trinajstić information content (AvgIpc) is 3.31. The number of anilines is 1. The summed E-state index contributed by atoms with van der Waals surface area (Å²) in [6, 6.07) is 6.87. The first-order valence-electron chi connectivity index (χ1n) is 9.98. The van der Waals surface area contributed by atoms with Crippen molar-refractivity contribution in [1.29, 1.82) is 0 Å². The minimum atomic E-state index is -2.29. The Morgan fingerprint density at radius 2 is 1.91 bits per heavy atom. The van der Waals surface area contributed by atoms with Gasteiger partial charge >= 0.3 is 0 Å². The van der Waals surface area contributed by atoms with Crippen LogP contribution in [0.4, 0.5) is 14.5 Å². The van der Waals surface area contributed by atoms with Crippen LogP contribution in [-0.2, 0) is 22.5 Å². The predicted octanol–water partition coefficient (Wildman–Crippen LogP) is 4.28. The molecule has 0 aliphatic carbocycles. The van der Waals surface area contributed by atoms with Crippen LogP contribution in [0.1, 0.15) is 31.1 Å². The Labute approximate surface area is 185 Å². The normalized spacial score (nSPS) is 15.3. The van der Waals surface area contributed by atoms with Gasteiger partial charge in [-0.25, -0.2) is 8.78 Å². The van der Waals surface area contributed by atoms with Crippen molar-refractivity contribution in [3.8, 4) is 16.8 Å². The van der Waals surface area contributed by atoms with Crippen LogP contribution in [0.15, 0.2) is 30.5 Å². The Bertz CT molecular complexity index is 1440. The van der Waals surface area contributed by atoms with Crippen LogP contribution >= 0.6 is 0 Å². The van der Waals surface area contributed by atoms with E-state index in [2.05, 4.69) is 15.5 Å². The second kappa shape index (κ2) is 6.94. The molecule has 1 unspecified atom stereocenters. The van der Waals surface area contributed by atoms with Crippen molar-refractivity contribution in [1.82, 2.24) is 19.3 Å². The molecule has 0 spiro atoms. The summed E-state index contributed by atoms with van der Waals surface area (Å²) < 4.78 is 56.8. The van der Waals surface area contributed by atoms with Crippen molar-refractivity contribution in [3.63, 3.8) is 0 Å². The van der Waals surface area contributed by atoms with Crippen molar-refractivity contribution in [3.05, 3.63) is 59.3 Å². The minimum absolute atomic E-state index is 0.0654. The number of hydrogen-bond acceptors (Lipinski definition) is 5. The molecule has 7 nitrogen and oxygen atoms in total. The summed E-state index contributed by atoms with van der Waals surface area (Å²) in [5.41, 5.74) is 1.52. The quantitative estimate of drug-likeness (QED) is 0.465. The summed E-state index contributed by atoms with van der Waals surface area (Å²) in [7, 11) is 0. The highest BCUT2D eigenvalue weighted by atomic mass is 32.2. The van der Waals surface area contributed by atoms with Gasteiger partial charge in [0, 0.05) is 22.7 Å². The zero-order valence-electron chi connectivity index (χ0n) is 17.9. The van der Waals surface area contributed by atoms with Crippen LogP contribution in [0.25, 0.3) is 27.7 Å². The molecule has 2 aromatic heterocycles. The standard InChI is InChI=1S/C22H21F2N5O2S/c1-11-16(14-6-5-7-15-13(14)8-9-28(15)10-32(30)31)17(23)18(24)19-20(11)29-12(2)26-27-21(29)22(3,4)25-19/h5-9,25H,10H2,1-4H3,(H,30,31)/p-1. The molecule has 0 saturated heterocycles. The van der Waals surface area contributed by atoms with Crippen LogP contribution in [0.2, 0.25) is 0 Å². The number of hydrogen-bond donors (Lipinski definition) is 1. The summed E-state index contributed by atoms with van der Waals surface area (Å²) >= 11 is -2.29. The monoisotopic (exact) mass is 456 g/mol. The fourth-order valence-electron chi connectivity index (χ4n) is 4.58. The van der Waals surface area contributed by atoms with Gasteiger partial charge < -0.3 is 14.4 Å². The lowest BCUT2D eigenvalue weighted by atomic mass is 9.91. The molecular formula is C22H20F2N5O2S-. The molecule has 1 atom stereocenters. The van der Waals surface area contributed by atoms with Gasteiger partial charge in [-0.2, -0.15) is 0 Å². The molecule has 0 fully saturated rings. The zero-order chi connectivity index (χ0) is 22.9. The number of halogens is 2. The Morgan fingerprint density at radius 3 is 2.62 bits per heavy atom. The SMILES string of the molecule is Cc1c(-c2cccc3c2ccn3CS(=O)[O-])c(F)c(F)c2c1-n1c(C)nnc1C(C)(C)N2. The number of aromatic nitrogens is 4. The maximum atomic E-state index is 15.6. The molecule has 1 aliphatic heterocycles. The second-order valence-electron chi connectivity index (χ2n) is 8.46. The van der Waals surface area contributed by atoms with Crippen molar-refractivity contribution < 1.29 is 17.5 Å². The van der Waals surface area contributed by atoms with E-state index in [9.17, 15) is 8.76 Å². The van der Waals surface area contributed by atoms with E-state index in [1.807, 2.05) is 13.8 Å².